The molecule has 9 nitrogen and oxygen atoms in total. The Morgan fingerprint density at radius 1 is 1.39 bits per heavy atom. The van der Waals surface area contributed by atoms with E-state index < -0.39 is 52.8 Å². The number of rotatable bonds is 5. The first-order chi connectivity index (χ1) is 14.3. The standard InChI is InChI=1S/C21H27ClO9/c1-11-7-14(30-18(25)20(4,26)10-22)16-13(9-28-12(2)23)17(24)29-15(16)8-19(3)5-6-21(11,27)31-19/h8,11,14,26-27H,5-7,9-10H2,1-4H3. The normalized spacial score (nSPS) is 34.5. The lowest BCUT2D eigenvalue weighted by atomic mass is 9.85. The lowest BCUT2D eigenvalue weighted by molar-refractivity contribution is -0.239. The van der Waals surface area contributed by atoms with Crippen molar-refractivity contribution in [3.8, 4) is 0 Å². The summed E-state index contributed by atoms with van der Waals surface area (Å²) in [5.74, 6) is -4.63. The molecule has 3 aliphatic rings. The number of carbonyl (C=O) groups excluding carboxylic acids is 3. The first-order valence-corrected chi connectivity index (χ1v) is 10.6. The fraction of sp³-hybridized carbons (Fsp3) is 0.667. The van der Waals surface area contributed by atoms with E-state index in [2.05, 4.69) is 0 Å². The Balaban J connectivity index is 2.11. The van der Waals surface area contributed by atoms with Crippen molar-refractivity contribution in [3.05, 3.63) is 23.0 Å². The second-order valence-electron chi connectivity index (χ2n) is 8.77. The second kappa shape index (κ2) is 8.20. The average molecular weight is 459 g/mol. The first kappa shape index (κ1) is 23.7. The number of carbonyl (C=O) groups is 3. The van der Waals surface area contributed by atoms with E-state index in [0.29, 0.717) is 12.8 Å². The summed E-state index contributed by atoms with van der Waals surface area (Å²) in [6, 6.07) is 0. The molecule has 1 fully saturated rings. The van der Waals surface area contributed by atoms with Gasteiger partial charge >= 0.3 is 17.9 Å². The first-order valence-electron chi connectivity index (χ1n) is 10.0. The number of fused-ring (bicyclic) bond motifs is 3. The van der Waals surface area contributed by atoms with Gasteiger partial charge in [-0.3, -0.25) is 4.79 Å². The Hall–Kier alpha value is -1.94. The van der Waals surface area contributed by atoms with Gasteiger partial charge in [0.2, 0.25) is 0 Å². The summed E-state index contributed by atoms with van der Waals surface area (Å²) >= 11 is 5.69. The molecule has 0 spiro atoms. The van der Waals surface area contributed by atoms with Crippen molar-refractivity contribution in [1.29, 1.82) is 0 Å². The van der Waals surface area contributed by atoms with Gasteiger partial charge in [-0.15, -0.1) is 11.6 Å². The highest BCUT2D eigenvalue weighted by Crippen LogP contribution is 2.47. The van der Waals surface area contributed by atoms with Crippen molar-refractivity contribution in [2.45, 2.75) is 70.1 Å². The summed E-state index contributed by atoms with van der Waals surface area (Å²) in [7, 11) is 0. The largest absolute Gasteiger partial charge is 0.461 e. The molecule has 10 heteroatoms. The lowest BCUT2D eigenvalue weighted by Crippen LogP contribution is -2.43. The third kappa shape index (κ3) is 4.64. The van der Waals surface area contributed by atoms with Gasteiger partial charge in [0.25, 0.3) is 0 Å². The average Bonchev–Trinajstić information content (AvgIpc) is 3.15. The molecule has 0 radical (unpaired) electrons. The number of esters is 3. The molecule has 5 atom stereocenters. The minimum Gasteiger partial charge on any atom is -0.461 e. The minimum atomic E-state index is -1.97. The number of aliphatic hydroxyl groups is 2. The van der Waals surface area contributed by atoms with Crippen LogP contribution in [0.2, 0.25) is 0 Å². The Morgan fingerprint density at radius 3 is 2.68 bits per heavy atom. The Morgan fingerprint density at radius 2 is 2.06 bits per heavy atom. The van der Waals surface area contributed by atoms with Gasteiger partial charge in [0.1, 0.15) is 18.5 Å². The summed E-state index contributed by atoms with van der Waals surface area (Å²) in [5.41, 5.74) is -2.66. The highest BCUT2D eigenvalue weighted by Gasteiger charge is 2.52. The maximum absolute atomic E-state index is 12.6. The fourth-order valence-corrected chi connectivity index (χ4v) is 4.05. The van der Waals surface area contributed by atoms with Crippen LogP contribution in [-0.2, 0) is 33.3 Å². The van der Waals surface area contributed by atoms with Gasteiger partial charge < -0.3 is 29.2 Å². The molecular formula is C21H27ClO9. The Kier molecular flexibility index (Phi) is 6.27. The molecule has 2 bridgehead atoms. The molecule has 3 rings (SSSR count). The smallest absolute Gasteiger partial charge is 0.343 e. The van der Waals surface area contributed by atoms with Crippen LogP contribution >= 0.6 is 11.6 Å². The van der Waals surface area contributed by atoms with Gasteiger partial charge in [0.15, 0.2) is 11.4 Å². The van der Waals surface area contributed by atoms with Crippen molar-refractivity contribution in [2.75, 3.05) is 12.5 Å². The molecule has 0 saturated carbocycles. The lowest BCUT2D eigenvalue weighted by Gasteiger charge is -2.33. The molecule has 0 aromatic rings. The van der Waals surface area contributed by atoms with Crippen LogP contribution in [0.3, 0.4) is 0 Å². The zero-order valence-electron chi connectivity index (χ0n) is 17.9. The Bertz CT molecular complexity index is 861. The van der Waals surface area contributed by atoms with E-state index in [1.165, 1.54) is 13.8 Å². The highest BCUT2D eigenvalue weighted by atomic mass is 35.5. The predicted octanol–water partition coefficient (Wildman–Crippen LogP) is 1.49. The molecule has 3 heterocycles. The number of halogens is 1. The fourth-order valence-electron chi connectivity index (χ4n) is 3.95. The third-order valence-electron chi connectivity index (χ3n) is 5.89. The maximum Gasteiger partial charge on any atom is 0.343 e. The van der Waals surface area contributed by atoms with Gasteiger partial charge in [0.05, 0.1) is 17.1 Å². The van der Waals surface area contributed by atoms with Crippen LogP contribution in [0.1, 0.15) is 47.0 Å². The van der Waals surface area contributed by atoms with Gasteiger partial charge in [-0.1, -0.05) is 6.92 Å². The highest BCUT2D eigenvalue weighted by molar-refractivity contribution is 6.20. The summed E-state index contributed by atoms with van der Waals surface area (Å²) in [6.45, 7) is 5.52. The van der Waals surface area contributed by atoms with E-state index in [4.69, 9.17) is 30.5 Å². The molecule has 1 saturated heterocycles. The predicted molar refractivity (Wildman–Crippen MR) is 107 cm³/mol. The summed E-state index contributed by atoms with van der Waals surface area (Å²) in [5, 5.41) is 21.3. The second-order valence-corrected chi connectivity index (χ2v) is 9.04. The minimum absolute atomic E-state index is 0.0188. The Labute approximate surface area is 184 Å². The molecule has 0 aromatic heterocycles. The van der Waals surface area contributed by atoms with Crippen LogP contribution in [0.25, 0.3) is 0 Å². The monoisotopic (exact) mass is 458 g/mol. The number of hydrogen-bond acceptors (Lipinski definition) is 9. The van der Waals surface area contributed by atoms with E-state index in [0.717, 1.165) is 0 Å². The molecule has 31 heavy (non-hydrogen) atoms. The molecule has 0 aliphatic carbocycles. The van der Waals surface area contributed by atoms with E-state index in [1.54, 1.807) is 19.9 Å². The van der Waals surface area contributed by atoms with Crippen molar-refractivity contribution < 1.29 is 43.5 Å². The van der Waals surface area contributed by atoms with Crippen molar-refractivity contribution >= 4 is 29.5 Å². The topological polar surface area (TPSA) is 129 Å². The number of ether oxygens (including phenoxy) is 4. The summed E-state index contributed by atoms with van der Waals surface area (Å²) < 4.78 is 22.0. The van der Waals surface area contributed by atoms with Gasteiger partial charge in [-0.05, 0) is 32.8 Å². The molecule has 172 valence electrons. The van der Waals surface area contributed by atoms with Gasteiger partial charge in [0, 0.05) is 24.8 Å². The van der Waals surface area contributed by atoms with Crippen LogP contribution in [0.5, 0.6) is 0 Å². The van der Waals surface area contributed by atoms with E-state index in [1.807, 2.05) is 0 Å². The molecular weight excluding hydrogens is 432 g/mol. The van der Waals surface area contributed by atoms with Gasteiger partial charge in [-0.2, -0.15) is 0 Å². The van der Waals surface area contributed by atoms with Crippen LogP contribution in [0.4, 0.5) is 0 Å². The van der Waals surface area contributed by atoms with Crippen LogP contribution in [0.15, 0.2) is 23.0 Å². The van der Waals surface area contributed by atoms with Crippen molar-refractivity contribution in [1.82, 2.24) is 0 Å². The summed E-state index contributed by atoms with van der Waals surface area (Å²) in [4.78, 5) is 36.5. The number of alkyl halides is 1. The molecule has 0 aromatic carbocycles. The molecule has 2 N–H and O–H groups in total. The van der Waals surface area contributed by atoms with E-state index in [9.17, 15) is 24.6 Å². The quantitative estimate of drug-likeness (QED) is 0.357. The summed E-state index contributed by atoms with van der Waals surface area (Å²) in [6.07, 6.45) is 1.35. The van der Waals surface area contributed by atoms with Gasteiger partial charge in [-0.25, -0.2) is 9.59 Å². The van der Waals surface area contributed by atoms with E-state index >= 15 is 0 Å². The number of hydrogen-bond donors (Lipinski definition) is 2. The van der Waals surface area contributed by atoms with Crippen LogP contribution < -0.4 is 0 Å². The van der Waals surface area contributed by atoms with E-state index in [-0.39, 0.29) is 29.9 Å². The molecule has 5 unspecified atom stereocenters. The molecule has 0 amide bonds. The van der Waals surface area contributed by atoms with Crippen molar-refractivity contribution in [3.63, 3.8) is 0 Å². The molecule has 3 aliphatic heterocycles. The zero-order chi connectivity index (χ0) is 23.2. The SMILES string of the molecule is CC(=O)OCC1=C2C(=CC3(C)CCC(O)(O3)C(C)CC2OC(=O)C(C)(O)CCl)OC1=O. The van der Waals surface area contributed by atoms with Crippen LogP contribution in [-0.4, -0.2) is 63.7 Å². The zero-order valence-corrected chi connectivity index (χ0v) is 18.7. The third-order valence-corrected chi connectivity index (χ3v) is 6.41. The van der Waals surface area contributed by atoms with Crippen molar-refractivity contribution in [2.24, 2.45) is 5.92 Å². The van der Waals surface area contributed by atoms with Crippen LogP contribution in [0, 0.1) is 5.92 Å². The maximum atomic E-state index is 12.6.